The van der Waals surface area contributed by atoms with Gasteiger partial charge < -0.3 is 15.8 Å². The van der Waals surface area contributed by atoms with Crippen LogP contribution in [-0.2, 0) is 0 Å². The van der Waals surface area contributed by atoms with Crippen molar-refractivity contribution in [3.63, 3.8) is 0 Å². The minimum absolute atomic E-state index is 0.0313. The number of nitrogens with one attached hydrogen (secondary N) is 1. The van der Waals surface area contributed by atoms with Gasteiger partial charge in [-0.05, 0) is 31.5 Å². The van der Waals surface area contributed by atoms with Gasteiger partial charge in [-0.3, -0.25) is 0 Å². The standard InChI is InChI=1S/C13H16BrN5O/c1-3-20-13-18-11(15)17-12(19-13)16-8(2)9-5-4-6-10(14)7-9/h4-8H,3H2,1-2H3,(H3,15,16,17,18,19). The summed E-state index contributed by atoms with van der Waals surface area (Å²) >= 11 is 3.45. The van der Waals surface area contributed by atoms with Crippen LogP contribution in [0.5, 0.6) is 6.01 Å². The first-order chi connectivity index (χ1) is 9.58. The molecule has 7 heteroatoms. The van der Waals surface area contributed by atoms with Gasteiger partial charge in [0.05, 0.1) is 12.6 Å². The quantitative estimate of drug-likeness (QED) is 0.872. The average molecular weight is 338 g/mol. The predicted octanol–water partition coefficient (Wildman–Crippen LogP) is 2.79. The number of aromatic nitrogens is 3. The van der Waals surface area contributed by atoms with Gasteiger partial charge in [0.1, 0.15) is 0 Å². The van der Waals surface area contributed by atoms with Crippen molar-refractivity contribution in [3.8, 4) is 6.01 Å². The average Bonchev–Trinajstić information content (AvgIpc) is 2.38. The fourth-order valence-corrected chi connectivity index (χ4v) is 2.10. The zero-order chi connectivity index (χ0) is 14.5. The highest BCUT2D eigenvalue weighted by Gasteiger charge is 2.10. The summed E-state index contributed by atoms with van der Waals surface area (Å²) in [6, 6.07) is 8.27. The first-order valence-electron chi connectivity index (χ1n) is 6.25. The molecule has 20 heavy (non-hydrogen) atoms. The van der Waals surface area contributed by atoms with E-state index in [-0.39, 0.29) is 18.0 Å². The van der Waals surface area contributed by atoms with Crippen molar-refractivity contribution in [1.82, 2.24) is 15.0 Å². The van der Waals surface area contributed by atoms with Crippen molar-refractivity contribution < 1.29 is 4.74 Å². The number of nitrogens with two attached hydrogens (primary N) is 1. The summed E-state index contributed by atoms with van der Waals surface area (Å²) in [6.45, 7) is 4.35. The fourth-order valence-electron chi connectivity index (χ4n) is 1.68. The van der Waals surface area contributed by atoms with Crippen molar-refractivity contribution in [2.24, 2.45) is 0 Å². The van der Waals surface area contributed by atoms with E-state index in [4.69, 9.17) is 10.5 Å². The van der Waals surface area contributed by atoms with E-state index in [9.17, 15) is 0 Å². The lowest BCUT2D eigenvalue weighted by molar-refractivity contribution is 0.312. The van der Waals surface area contributed by atoms with E-state index in [0.717, 1.165) is 10.0 Å². The summed E-state index contributed by atoms with van der Waals surface area (Å²) < 4.78 is 6.27. The zero-order valence-electron chi connectivity index (χ0n) is 11.3. The van der Waals surface area contributed by atoms with Crippen LogP contribution in [0.4, 0.5) is 11.9 Å². The molecule has 0 amide bonds. The molecule has 6 nitrogen and oxygen atoms in total. The smallest absolute Gasteiger partial charge is 0.323 e. The van der Waals surface area contributed by atoms with Crippen molar-refractivity contribution in [2.75, 3.05) is 17.7 Å². The molecule has 1 heterocycles. The molecule has 2 rings (SSSR count). The van der Waals surface area contributed by atoms with Crippen LogP contribution in [0.25, 0.3) is 0 Å². The molecule has 0 saturated heterocycles. The van der Waals surface area contributed by atoms with Crippen LogP contribution < -0.4 is 15.8 Å². The zero-order valence-corrected chi connectivity index (χ0v) is 12.9. The highest BCUT2D eigenvalue weighted by atomic mass is 79.9. The largest absolute Gasteiger partial charge is 0.464 e. The number of hydrogen-bond donors (Lipinski definition) is 2. The van der Waals surface area contributed by atoms with Gasteiger partial charge in [0.2, 0.25) is 11.9 Å². The topological polar surface area (TPSA) is 86.0 Å². The highest BCUT2D eigenvalue weighted by molar-refractivity contribution is 9.10. The highest BCUT2D eigenvalue weighted by Crippen LogP contribution is 2.21. The van der Waals surface area contributed by atoms with Crippen molar-refractivity contribution in [2.45, 2.75) is 19.9 Å². The summed E-state index contributed by atoms with van der Waals surface area (Å²) in [6.07, 6.45) is 0. The summed E-state index contributed by atoms with van der Waals surface area (Å²) in [5, 5.41) is 3.18. The van der Waals surface area contributed by atoms with Crippen LogP contribution >= 0.6 is 15.9 Å². The molecule has 0 bridgehead atoms. The van der Waals surface area contributed by atoms with Crippen LogP contribution in [0, 0.1) is 0 Å². The van der Waals surface area contributed by atoms with Crippen LogP contribution in [0.15, 0.2) is 28.7 Å². The molecular weight excluding hydrogens is 322 g/mol. The van der Waals surface area contributed by atoms with Crippen molar-refractivity contribution in [3.05, 3.63) is 34.3 Å². The molecule has 0 radical (unpaired) electrons. The Morgan fingerprint density at radius 1 is 1.35 bits per heavy atom. The molecule has 106 valence electrons. The molecule has 0 aliphatic carbocycles. The van der Waals surface area contributed by atoms with Gasteiger partial charge in [-0.15, -0.1) is 0 Å². The minimum atomic E-state index is 0.0313. The van der Waals surface area contributed by atoms with Crippen LogP contribution in [-0.4, -0.2) is 21.6 Å². The third kappa shape index (κ3) is 3.80. The number of ether oxygens (including phenoxy) is 1. The van der Waals surface area contributed by atoms with E-state index in [1.165, 1.54) is 0 Å². The maximum atomic E-state index is 5.64. The lowest BCUT2D eigenvalue weighted by Gasteiger charge is -2.15. The molecule has 2 aromatic rings. The van der Waals surface area contributed by atoms with Gasteiger partial charge in [0, 0.05) is 4.47 Å². The molecule has 1 aromatic carbocycles. The van der Waals surface area contributed by atoms with E-state index in [0.29, 0.717) is 12.6 Å². The Bertz CT molecular complexity index is 593. The molecular formula is C13H16BrN5O. The molecule has 0 aliphatic rings. The van der Waals surface area contributed by atoms with Gasteiger partial charge in [0.25, 0.3) is 0 Å². The Morgan fingerprint density at radius 3 is 2.85 bits per heavy atom. The van der Waals surface area contributed by atoms with E-state index in [2.05, 4.69) is 36.2 Å². The first-order valence-corrected chi connectivity index (χ1v) is 7.04. The van der Waals surface area contributed by atoms with Gasteiger partial charge in [-0.1, -0.05) is 28.1 Å². The number of anilines is 2. The number of nitrogens with zero attached hydrogens (tertiary/aromatic N) is 3. The SMILES string of the molecule is CCOc1nc(N)nc(NC(C)c2cccc(Br)c2)n1. The monoisotopic (exact) mass is 337 g/mol. The minimum Gasteiger partial charge on any atom is -0.464 e. The molecule has 0 fully saturated rings. The third-order valence-electron chi connectivity index (χ3n) is 2.60. The number of halogens is 1. The molecule has 0 aliphatic heterocycles. The van der Waals surface area contributed by atoms with Gasteiger partial charge in [0.15, 0.2) is 0 Å². The number of hydrogen-bond acceptors (Lipinski definition) is 6. The summed E-state index contributed by atoms with van der Waals surface area (Å²) in [5.74, 6) is 0.529. The normalized spacial score (nSPS) is 11.9. The summed E-state index contributed by atoms with van der Waals surface area (Å²) in [7, 11) is 0. The summed E-state index contributed by atoms with van der Waals surface area (Å²) in [5.41, 5.74) is 6.75. The maximum Gasteiger partial charge on any atom is 0.323 e. The first kappa shape index (κ1) is 14.5. The van der Waals surface area contributed by atoms with Crippen molar-refractivity contribution in [1.29, 1.82) is 0 Å². The Hall–Kier alpha value is -1.89. The van der Waals surface area contributed by atoms with Gasteiger partial charge in [-0.25, -0.2) is 0 Å². The van der Waals surface area contributed by atoms with E-state index in [1.54, 1.807) is 0 Å². The molecule has 0 spiro atoms. The Labute approximate surface area is 125 Å². The number of rotatable bonds is 5. The predicted molar refractivity (Wildman–Crippen MR) is 81.6 cm³/mol. The van der Waals surface area contributed by atoms with E-state index in [1.807, 2.05) is 38.1 Å². The molecule has 1 unspecified atom stereocenters. The van der Waals surface area contributed by atoms with Crippen LogP contribution in [0.1, 0.15) is 25.5 Å². The molecule has 3 N–H and O–H groups in total. The lowest BCUT2D eigenvalue weighted by atomic mass is 10.1. The number of benzene rings is 1. The van der Waals surface area contributed by atoms with E-state index < -0.39 is 0 Å². The Balaban J connectivity index is 2.16. The van der Waals surface area contributed by atoms with Gasteiger partial charge >= 0.3 is 6.01 Å². The summed E-state index contributed by atoms with van der Waals surface area (Å²) in [4.78, 5) is 12.1. The molecule has 1 aromatic heterocycles. The molecule has 0 saturated carbocycles. The van der Waals surface area contributed by atoms with Gasteiger partial charge in [-0.2, -0.15) is 15.0 Å². The molecule has 1 atom stereocenters. The van der Waals surface area contributed by atoms with Crippen LogP contribution in [0.2, 0.25) is 0 Å². The van der Waals surface area contributed by atoms with E-state index >= 15 is 0 Å². The van der Waals surface area contributed by atoms with Crippen LogP contribution in [0.3, 0.4) is 0 Å². The maximum absolute atomic E-state index is 5.64. The second-order valence-corrected chi connectivity index (χ2v) is 5.07. The lowest BCUT2D eigenvalue weighted by Crippen LogP contribution is -2.12. The number of nitrogen functional groups attached to an aromatic ring is 1. The van der Waals surface area contributed by atoms with Crippen molar-refractivity contribution >= 4 is 27.8 Å². The second kappa shape index (κ2) is 6.51. The Morgan fingerprint density at radius 2 is 2.15 bits per heavy atom. The second-order valence-electron chi connectivity index (χ2n) is 4.15. The third-order valence-corrected chi connectivity index (χ3v) is 3.09. The fraction of sp³-hybridized carbons (Fsp3) is 0.308. The Kier molecular flexibility index (Phi) is 4.73.